The lowest BCUT2D eigenvalue weighted by Crippen LogP contribution is -2.42. The van der Waals surface area contributed by atoms with Crippen LogP contribution in [0.5, 0.6) is 5.75 Å². The summed E-state index contributed by atoms with van der Waals surface area (Å²) in [7, 11) is -3.46. The number of halogens is 2. The molecule has 29 heavy (non-hydrogen) atoms. The van der Waals surface area contributed by atoms with Gasteiger partial charge in [0, 0.05) is 24.7 Å². The van der Waals surface area contributed by atoms with Crippen molar-refractivity contribution < 1.29 is 17.9 Å². The van der Waals surface area contributed by atoms with Crippen LogP contribution in [0.25, 0.3) is 0 Å². The second-order valence-corrected chi connectivity index (χ2v) is 9.61. The molecule has 1 amide bonds. The summed E-state index contributed by atoms with van der Waals surface area (Å²) in [4.78, 5) is 12.3. The van der Waals surface area contributed by atoms with E-state index in [9.17, 15) is 13.2 Å². The highest BCUT2D eigenvalue weighted by molar-refractivity contribution is 7.89. The molecule has 0 atom stereocenters. The fourth-order valence-electron chi connectivity index (χ4n) is 3.14. The maximum absolute atomic E-state index is 12.6. The summed E-state index contributed by atoms with van der Waals surface area (Å²) in [5.74, 6) is 0.362. The molecule has 2 aromatic carbocycles. The van der Waals surface area contributed by atoms with Gasteiger partial charge in [-0.1, -0.05) is 41.4 Å². The zero-order valence-corrected chi connectivity index (χ0v) is 18.0. The Hall–Kier alpha value is -1.80. The molecule has 0 aliphatic carbocycles. The number of hydrogen-bond donors (Lipinski definition) is 1. The van der Waals surface area contributed by atoms with Crippen molar-refractivity contribution in [2.45, 2.75) is 17.7 Å². The van der Waals surface area contributed by atoms with Gasteiger partial charge in [-0.25, -0.2) is 8.42 Å². The van der Waals surface area contributed by atoms with Gasteiger partial charge < -0.3 is 10.1 Å². The molecule has 1 aliphatic heterocycles. The standard InChI is InChI=1S/C20H22Cl2N2O4S/c21-16-6-7-19(18(22)12-16)28-14-20(25)23-13-15-8-10-24(11-9-15)29(26,27)17-4-2-1-3-5-17/h1-7,12,15H,8-11,13-14H2,(H,23,25). The number of rotatable bonds is 7. The minimum absolute atomic E-state index is 0.150. The lowest BCUT2D eigenvalue weighted by atomic mass is 9.98. The Morgan fingerprint density at radius 1 is 1.10 bits per heavy atom. The highest BCUT2D eigenvalue weighted by Gasteiger charge is 2.29. The van der Waals surface area contributed by atoms with E-state index in [1.54, 1.807) is 48.5 Å². The monoisotopic (exact) mass is 456 g/mol. The molecule has 0 unspecified atom stereocenters. The summed E-state index contributed by atoms with van der Waals surface area (Å²) in [5, 5.41) is 3.68. The van der Waals surface area contributed by atoms with Crippen LogP contribution in [0.1, 0.15) is 12.8 Å². The van der Waals surface area contributed by atoms with Crippen LogP contribution in [-0.4, -0.2) is 44.9 Å². The Balaban J connectivity index is 1.42. The number of carbonyl (C=O) groups excluding carboxylic acids is 1. The van der Waals surface area contributed by atoms with Crippen molar-refractivity contribution in [2.75, 3.05) is 26.2 Å². The average Bonchev–Trinajstić information content (AvgIpc) is 2.72. The number of sulfonamides is 1. The lowest BCUT2D eigenvalue weighted by molar-refractivity contribution is -0.123. The second kappa shape index (κ2) is 9.80. The van der Waals surface area contributed by atoms with Crippen LogP contribution in [0.4, 0.5) is 0 Å². The van der Waals surface area contributed by atoms with E-state index in [1.807, 2.05) is 0 Å². The SMILES string of the molecule is O=C(COc1ccc(Cl)cc1Cl)NCC1CCN(S(=O)(=O)c2ccccc2)CC1. The summed E-state index contributed by atoms with van der Waals surface area (Å²) in [6, 6.07) is 13.2. The van der Waals surface area contributed by atoms with Crippen LogP contribution in [0.3, 0.4) is 0 Å². The van der Waals surface area contributed by atoms with E-state index in [0.717, 1.165) is 0 Å². The Morgan fingerprint density at radius 2 is 1.79 bits per heavy atom. The Bertz CT molecular complexity index is 946. The molecule has 0 saturated carbocycles. The number of hydrogen-bond acceptors (Lipinski definition) is 4. The van der Waals surface area contributed by atoms with Gasteiger partial charge in [0.05, 0.1) is 9.92 Å². The van der Waals surface area contributed by atoms with Crippen molar-refractivity contribution in [1.82, 2.24) is 9.62 Å². The maximum atomic E-state index is 12.6. The highest BCUT2D eigenvalue weighted by atomic mass is 35.5. The van der Waals surface area contributed by atoms with Gasteiger partial charge in [0.2, 0.25) is 10.0 Å². The van der Waals surface area contributed by atoms with E-state index in [4.69, 9.17) is 27.9 Å². The van der Waals surface area contributed by atoms with Crippen LogP contribution < -0.4 is 10.1 Å². The van der Waals surface area contributed by atoms with Crippen LogP contribution in [0.2, 0.25) is 10.0 Å². The summed E-state index contributed by atoms with van der Waals surface area (Å²) in [6.45, 7) is 1.21. The molecule has 156 valence electrons. The molecule has 1 saturated heterocycles. The lowest BCUT2D eigenvalue weighted by Gasteiger charge is -2.31. The number of piperidine rings is 1. The first kappa shape index (κ1) is 21.9. The van der Waals surface area contributed by atoms with Crippen molar-refractivity contribution >= 4 is 39.1 Å². The van der Waals surface area contributed by atoms with E-state index in [2.05, 4.69) is 5.32 Å². The van der Waals surface area contributed by atoms with Gasteiger partial charge in [-0.15, -0.1) is 0 Å². The minimum atomic E-state index is -3.46. The first-order valence-corrected chi connectivity index (χ1v) is 11.5. The quantitative estimate of drug-likeness (QED) is 0.690. The van der Waals surface area contributed by atoms with Crippen molar-refractivity contribution in [2.24, 2.45) is 5.92 Å². The minimum Gasteiger partial charge on any atom is -0.482 e. The molecule has 1 heterocycles. The van der Waals surface area contributed by atoms with E-state index < -0.39 is 10.0 Å². The molecule has 9 heteroatoms. The Labute approximate surface area is 180 Å². The van der Waals surface area contributed by atoms with Crippen molar-refractivity contribution in [3.05, 3.63) is 58.6 Å². The normalized spacial score (nSPS) is 15.8. The highest BCUT2D eigenvalue weighted by Crippen LogP contribution is 2.27. The molecule has 1 N–H and O–H groups in total. The fraction of sp³-hybridized carbons (Fsp3) is 0.350. The van der Waals surface area contributed by atoms with Gasteiger partial charge in [-0.3, -0.25) is 4.79 Å². The van der Waals surface area contributed by atoms with Gasteiger partial charge in [0.25, 0.3) is 5.91 Å². The summed E-state index contributed by atoms with van der Waals surface area (Å²) in [5.41, 5.74) is 0. The second-order valence-electron chi connectivity index (χ2n) is 6.83. The largest absolute Gasteiger partial charge is 0.482 e. The fourth-order valence-corrected chi connectivity index (χ4v) is 5.09. The van der Waals surface area contributed by atoms with Crippen LogP contribution in [-0.2, 0) is 14.8 Å². The predicted octanol–water partition coefficient (Wildman–Crippen LogP) is 3.59. The third kappa shape index (κ3) is 5.85. The summed E-state index contributed by atoms with van der Waals surface area (Å²) >= 11 is 11.8. The first-order valence-electron chi connectivity index (χ1n) is 9.26. The van der Waals surface area contributed by atoms with E-state index >= 15 is 0 Å². The summed E-state index contributed by atoms with van der Waals surface area (Å²) < 4.78 is 32.2. The predicted molar refractivity (Wildman–Crippen MR) is 113 cm³/mol. The van der Waals surface area contributed by atoms with Crippen molar-refractivity contribution in [1.29, 1.82) is 0 Å². The number of ether oxygens (including phenoxy) is 1. The Kier molecular flexibility index (Phi) is 7.40. The van der Waals surface area contributed by atoms with Crippen molar-refractivity contribution in [3.63, 3.8) is 0 Å². The van der Waals surface area contributed by atoms with Gasteiger partial charge >= 0.3 is 0 Å². The first-order chi connectivity index (χ1) is 13.9. The zero-order valence-electron chi connectivity index (χ0n) is 15.7. The third-order valence-electron chi connectivity index (χ3n) is 4.80. The topological polar surface area (TPSA) is 75.7 Å². The molecule has 0 aromatic heterocycles. The molecule has 0 bridgehead atoms. The molecule has 1 fully saturated rings. The van der Waals surface area contributed by atoms with E-state index in [1.165, 1.54) is 4.31 Å². The maximum Gasteiger partial charge on any atom is 0.257 e. The molecule has 2 aromatic rings. The number of nitrogens with zero attached hydrogens (tertiary/aromatic N) is 1. The number of amides is 1. The van der Waals surface area contributed by atoms with Gasteiger partial charge in [-0.05, 0) is 49.1 Å². The average molecular weight is 457 g/mol. The summed E-state index contributed by atoms with van der Waals surface area (Å²) in [6.07, 6.45) is 1.38. The number of benzene rings is 2. The molecule has 1 aliphatic rings. The van der Waals surface area contributed by atoms with Crippen LogP contribution in [0.15, 0.2) is 53.4 Å². The van der Waals surface area contributed by atoms with E-state index in [-0.39, 0.29) is 18.4 Å². The molecular formula is C20H22Cl2N2O4S. The van der Waals surface area contributed by atoms with Gasteiger partial charge in [0.1, 0.15) is 5.75 Å². The third-order valence-corrected chi connectivity index (χ3v) is 7.24. The van der Waals surface area contributed by atoms with Crippen LogP contribution >= 0.6 is 23.2 Å². The zero-order chi connectivity index (χ0) is 20.9. The number of carbonyl (C=O) groups is 1. The smallest absolute Gasteiger partial charge is 0.257 e. The molecular weight excluding hydrogens is 435 g/mol. The Morgan fingerprint density at radius 3 is 2.45 bits per heavy atom. The molecule has 0 spiro atoms. The van der Waals surface area contributed by atoms with Gasteiger partial charge in [-0.2, -0.15) is 4.31 Å². The van der Waals surface area contributed by atoms with Crippen LogP contribution in [0, 0.1) is 5.92 Å². The molecule has 6 nitrogen and oxygen atoms in total. The molecule has 3 rings (SSSR count). The number of nitrogens with one attached hydrogen (secondary N) is 1. The van der Waals surface area contributed by atoms with E-state index in [0.29, 0.717) is 53.2 Å². The van der Waals surface area contributed by atoms with Gasteiger partial charge in [0.15, 0.2) is 6.61 Å². The molecule has 0 radical (unpaired) electrons. The van der Waals surface area contributed by atoms with Crippen molar-refractivity contribution in [3.8, 4) is 5.75 Å².